The third-order valence-corrected chi connectivity index (χ3v) is 4.29. The van der Waals surface area contributed by atoms with E-state index < -0.39 is 0 Å². The molecule has 0 saturated carbocycles. The molecule has 1 nitrogen and oxygen atoms in total. The number of rotatable bonds is 8. The van der Waals surface area contributed by atoms with E-state index in [9.17, 15) is 0 Å². The van der Waals surface area contributed by atoms with Crippen molar-refractivity contribution < 1.29 is 0 Å². The van der Waals surface area contributed by atoms with Gasteiger partial charge < -0.3 is 5.32 Å². The summed E-state index contributed by atoms with van der Waals surface area (Å²) in [5, 5.41) is 3.48. The van der Waals surface area contributed by atoms with Crippen molar-refractivity contribution in [2.24, 2.45) is 5.41 Å². The predicted octanol–water partition coefficient (Wildman–Crippen LogP) is 4.87. The van der Waals surface area contributed by atoms with Crippen LogP contribution in [-0.2, 0) is 0 Å². The van der Waals surface area contributed by atoms with Crippen LogP contribution in [0.2, 0.25) is 0 Å². The third kappa shape index (κ3) is 4.45. The second-order valence-electron chi connectivity index (χ2n) is 5.61. The monoisotopic (exact) mass is 249 g/mol. The lowest BCUT2D eigenvalue weighted by Gasteiger charge is -2.40. The zero-order valence-corrected chi connectivity index (χ0v) is 13.1. The van der Waals surface area contributed by atoms with Gasteiger partial charge in [-0.25, -0.2) is 0 Å². The van der Waals surface area contributed by atoms with Crippen LogP contribution < -0.4 is 5.32 Å². The number of hydrogen-bond donors (Lipinski definition) is 1. The number of allylic oxidation sites excluding steroid dienone is 5. The lowest BCUT2D eigenvalue weighted by molar-refractivity contribution is 0.225. The molecule has 0 spiro atoms. The van der Waals surface area contributed by atoms with Gasteiger partial charge in [-0.1, -0.05) is 51.7 Å². The van der Waals surface area contributed by atoms with Crippen LogP contribution in [0.3, 0.4) is 0 Å². The van der Waals surface area contributed by atoms with Crippen molar-refractivity contribution in [2.75, 3.05) is 7.05 Å². The summed E-state index contributed by atoms with van der Waals surface area (Å²) in [7, 11) is 2.06. The van der Waals surface area contributed by atoms with Crippen LogP contribution in [0.25, 0.3) is 0 Å². The van der Waals surface area contributed by atoms with E-state index in [1.54, 1.807) is 0 Å². The maximum absolute atomic E-state index is 3.84. The zero-order valence-electron chi connectivity index (χ0n) is 13.1. The average molecular weight is 249 g/mol. The highest BCUT2D eigenvalue weighted by Crippen LogP contribution is 2.40. The van der Waals surface area contributed by atoms with Gasteiger partial charge in [-0.3, -0.25) is 0 Å². The molecule has 0 radical (unpaired) electrons. The molecule has 0 aromatic rings. The Morgan fingerprint density at radius 2 is 1.83 bits per heavy atom. The second-order valence-corrected chi connectivity index (χ2v) is 5.61. The first-order valence-corrected chi connectivity index (χ1v) is 7.06. The zero-order chi connectivity index (χ0) is 14.2. The maximum Gasteiger partial charge on any atom is 0.0156 e. The fraction of sp³-hybridized carbons (Fsp3) is 0.647. The topological polar surface area (TPSA) is 12.0 Å². The molecule has 0 amide bonds. The SMILES string of the molecule is C=CC=C(C=CC)C(C)(CC)CC(C)(CC)NC. The molecule has 18 heavy (non-hydrogen) atoms. The third-order valence-electron chi connectivity index (χ3n) is 4.29. The van der Waals surface area contributed by atoms with Gasteiger partial charge in [0.1, 0.15) is 0 Å². The highest BCUT2D eigenvalue weighted by Gasteiger charge is 2.33. The van der Waals surface area contributed by atoms with Gasteiger partial charge in [0.2, 0.25) is 0 Å². The van der Waals surface area contributed by atoms with Gasteiger partial charge in [-0.15, -0.1) is 0 Å². The van der Waals surface area contributed by atoms with E-state index in [4.69, 9.17) is 0 Å². The summed E-state index contributed by atoms with van der Waals surface area (Å²) >= 11 is 0. The summed E-state index contributed by atoms with van der Waals surface area (Å²) in [6.07, 6.45) is 11.8. The minimum atomic E-state index is 0.187. The summed E-state index contributed by atoms with van der Waals surface area (Å²) in [4.78, 5) is 0. The van der Waals surface area contributed by atoms with Crippen molar-refractivity contribution in [1.29, 1.82) is 0 Å². The first kappa shape index (κ1) is 17.2. The van der Waals surface area contributed by atoms with Crippen LogP contribution in [0, 0.1) is 5.41 Å². The van der Waals surface area contributed by atoms with Gasteiger partial charge in [-0.2, -0.15) is 0 Å². The van der Waals surface area contributed by atoms with Crippen molar-refractivity contribution in [3.63, 3.8) is 0 Å². The van der Waals surface area contributed by atoms with Crippen molar-refractivity contribution >= 4 is 0 Å². The highest BCUT2D eigenvalue weighted by atomic mass is 14.9. The van der Waals surface area contributed by atoms with Crippen LogP contribution in [-0.4, -0.2) is 12.6 Å². The standard InChI is InChI=1S/C17H31N/c1-8-12-15(13-9-2)16(5,10-3)14-17(6,11-4)18-7/h8-9,12-13,18H,1,10-11,14H2,2-7H3. The first-order chi connectivity index (χ1) is 8.41. The smallest absolute Gasteiger partial charge is 0.0156 e. The average Bonchev–Trinajstić information content (AvgIpc) is 2.38. The Morgan fingerprint density at radius 3 is 2.17 bits per heavy atom. The Morgan fingerprint density at radius 1 is 1.22 bits per heavy atom. The minimum absolute atomic E-state index is 0.187. The van der Waals surface area contributed by atoms with E-state index in [0.29, 0.717) is 0 Å². The Kier molecular flexibility index (Phi) is 7.23. The summed E-state index contributed by atoms with van der Waals surface area (Å²) in [5.41, 5.74) is 1.75. The Hall–Kier alpha value is -0.820. The molecule has 0 heterocycles. The molecule has 0 aliphatic rings. The summed E-state index contributed by atoms with van der Waals surface area (Å²) in [6, 6.07) is 0. The maximum atomic E-state index is 3.84. The molecule has 1 N–H and O–H groups in total. The van der Waals surface area contributed by atoms with Crippen LogP contribution >= 0.6 is 0 Å². The molecular weight excluding hydrogens is 218 g/mol. The quantitative estimate of drug-likeness (QED) is 0.605. The molecule has 0 saturated heterocycles. The molecule has 1 heteroatoms. The van der Waals surface area contributed by atoms with Crippen molar-refractivity contribution in [2.45, 2.75) is 59.4 Å². The molecule has 2 atom stereocenters. The van der Waals surface area contributed by atoms with Gasteiger partial charge in [0.15, 0.2) is 0 Å². The highest BCUT2D eigenvalue weighted by molar-refractivity contribution is 5.30. The lowest BCUT2D eigenvalue weighted by atomic mass is 9.70. The molecule has 0 fully saturated rings. The fourth-order valence-corrected chi connectivity index (χ4v) is 2.45. The fourth-order valence-electron chi connectivity index (χ4n) is 2.45. The Balaban J connectivity index is 5.33. The van der Waals surface area contributed by atoms with Gasteiger partial charge >= 0.3 is 0 Å². The van der Waals surface area contributed by atoms with Crippen LogP contribution in [0.15, 0.2) is 36.5 Å². The van der Waals surface area contributed by atoms with Gasteiger partial charge in [0.05, 0.1) is 0 Å². The van der Waals surface area contributed by atoms with Gasteiger partial charge in [0.25, 0.3) is 0 Å². The van der Waals surface area contributed by atoms with Crippen molar-refractivity contribution in [1.82, 2.24) is 5.32 Å². The molecule has 0 aliphatic carbocycles. The first-order valence-electron chi connectivity index (χ1n) is 7.06. The Labute approximate surface area is 114 Å². The van der Waals surface area contributed by atoms with Gasteiger partial charge in [-0.05, 0) is 51.1 Å². The molecule has 2 unspecified atom stereocenters. The van der Waals surface area contributed by atoms with E-state index in [1.165, 1.54) is 5.57 Å². The van der Waals surface area contributed by atoms with Crippen LogP contribution in [0.5, 0.6) is 0 Å². The number of hydrogen-bond acceptors (Lipinski definition) is 1. The van der Waals surface area contributed by atoms with E-state index in [-0.39, 0.29) is 11.0 Å². The second kappa shape index (κ2) is 7.58. The minimum Gasteiger partial charge on any atom is -0.315 e. The predicted molar refractivity (Wildman–Crippen MR) is 83.9 cm³/mol. The van der Waals surface area contributed by atoms with Crippen LogP contribution in [0.4, 0.5) is 0 Å². The molecule has 0 bridgehead atoms. The normalized spacial score (nSPS) is 19.6. The van der Waals surface area contributed by atoms with E-state index >= 15 is 0 Å². The molecule has 0 aromatic carbocycles. The van der Waals surface area contributed by atoms with Crippen molar-refractivity contribution in [3.8, 4) is 0 Å². The van der Waals surface area contributed by atoms with E-state index in [2.05, 4.69) is 71.8 Å². The van der Waals surface area contributed by atoms with Gasteiger partial charge in [0, 0.05) is 5.54 Å². The van der Waals surface area contributed by atoms with Crippen LogP contribution in [0.1, 0.15) is 53.9 Å². The molecule has 0 aromatic heterocycles. The van der Waals surface area contributed by atoms with E-state index in [0.717, 1.165) is 19.3 Å². The van der Waals surface area contributed by atoms with E-state index in [1.807, 2.05) is 6.08 Å². The number of nitrogens with one attached hydrogen (secondary N) is 1. The molecule has 0 aliphatic heterocycles. The summed E-state index contributed by atoms with van der Waals surface area (Å²) < 4.78 is 0. The summed E-state index contributed by atoms with van der Waals surface area (Å²) in [5.74, 6) is 0. The molecule has 104 valence electrons. The Bertz CT molecular complexity index is 308. The molecular formula is C17H31N. The lowest BCUT2D eigenvalue weighted by Crippen LogP contribution is -2.43. The largest absolute Gasteiger partial charge is 0.315 e. The van der Waals surface area contributed by atoms with Crippen molar-refractivity contribution in [3.05, 3.63) is 36.5 Å². The summed E-state index contributed by atoms with van der Waals surface area (Å²) in [6.45, 7) is 15.1. The molecule has 0 rings (SSSR count).